The van der Waals surface area contributed by atoms with E-state index in [1.807, 2.05) is 12.1 Å². The number of methoxy groups -OCH3 is 1. The third-order valence-corrected chi connectivity index (χ3v) is 4.31. The van der Waals surface area contributed by atoms with Crippen molar-refractivity contribution in [3.63, 3.8) is 0 Å². The van der Waals surface area contributed by atoms with Gasteiger partial charge in [-0.25, -0.2) is 4.99 Å². The first-order chi connectivity index (χ1) is 12.1. The minimum absolute atomic E-state index is 0.0871. The summed E-state index contributed by atoms with van der Waals surface area (Å²) in [5.74, 6) is -0.888. The average molecular weight is 353 g/mol. The zero-order chi connectivity index (χ0) is 17.8. The van der Waals surface area contributed by atoms with Gasteiger partial charge in [-0.2, -0.15) is 0 Å². The lowest BCUT2D eigenvalue weighted by atomic mass is 10.1. The van der Waals surface area contributed by atoms with Gasteiger partial charge in [0, 0.05) is 0 Å². The maximum absolute atomic E-state index is 12.1. The lowest BCUT2D eigenvalue weighted by Crippen LogP contribution is -2.21. The van der Waals surface area contributed by atoms with Gasteiger partial charge in [-0.1, -0.05) is 36.4 Å². The molecule has 7 heteroatoms. The second-order valence-electron chi connectivity index (χ2n) is 5.06. The molecule has 1 aliphatic rings. The topological polar surface area (TPSA) is 90.8 Å². The molecule has 0 atom stereocenters. The van der Waals surface area contributed by atoms with E-state index in [4.69, 9.17) is 4.74 Å². The zero-order valence-electron chi connectivity index (χ0n) is 13.2. The van der Waals surface area contributed by atoms with Crippen LogP contribution in [0, 0.1) is 0 Å². The Bertz CT molecular complexity index is 888. The van der Waals surface area contributed by atoms with E-state index in [2.05, 4.69) is 10.3 Å². The minimum Gasteiger partial charge on any atom is -0.545 e. The van der Waals surface area contributed by atoms with Crippen LogP contribution in [-0.4, -0.2) is 24.2 Å². The van der Waals surface area contributed by atoms with Crippen LogP contribution in [0.4, 0.5) is 5.69 Å². The van der Waals surface area contributed by atoms with E-state index in [1.165, 1.54) is 23.9 Å². The fourth-order valence-electron chi connectivity index (χ4n) is 2.18. The van der Waals surface area contributed by atoms with Crippen LogP contribution in [-0.2, 0) is 4.79 Å². The van der Waals surface area contributed by atoms with E-state index in [9.17, 15) is 14.7 Å². The Balaban J connectivity index is 1.82. The maximum Gasteiger partial charge on any atom is 0.264 e. The number of ether oxygens (including phenoxy) is 1. The highest BCUT2D eigenvalue weighted by Crippen LogP contribution is 2.31. The van der Waals surface area contributed by atoms with Crippen molar-refractivity contribution in [2.45, 2.75) is 0 Å². The highest BCUT2D eigenvalue weighted by Gasteiger charge is 2.24. The molecule has 126 valence electrons. The van der Waals surface area contributed by atoms with Crippen LogP contribution in [0.15, 0.2) is 58.4 Å². The number of nitrogens with zero attached hydrogens (tertiary/aromatic N) is 1. The lowest BCUT2D eigenvalue weighted by Gasteiger charge is -2.03. The molecule has 25 heavy (non-hydrogen) atoms. The summed E-state index contributed by atoms with van der Waals surface area (Å²) in [4.78, 5) is 27.7. The zero-order valence-corrected chi connectivity index (χ0v) is 14.0. The van der Waals surface area contributed by atoms with E-state index in [0.717, 1.165) is 0 Å². The van der Waals surface area contributed by atoms with Crippen molar-refractivity contribution in [2.75, 3.05) is 7.11 Å². The van der Waals surface area contributed by atoms with Crippen LogP contribution >= 0.6 is 11.8 Å². The van der Waals surface area contributed by atoms with Crippen molar-refractivity contribution >= 4 is 40.6 Å². The molecule has 1 aliphatic heterocycles. The molecule has 1 amide bonds. The number of thioether (sulfide) groups is 1. The molecule has 1 heterocycles. The number of para-hydroxylation sites is 2. The standard InChI is InChI=1S/C18H14N2O4S/c1-24-14-5-3-2-4-13(14)19-18-20-16(21)15(25-18)10-11-6-8-12(9-7-11)17(22)23/h2-10H,1H3,(H,22,23)(H,19,20,21)/p-1/b15-10-. The molecule has 0 aliphatic carbocycles. The first kappa shape index (κ1) is 16.8. The molecule has 2 aromatic carbocycles. The summed E-state index contributed by atoms with van der Waals surface area (Å²) in [7, 11) is 1.56. The number of hydrogen-bond donors (Lipinski definition) is 1. The number of carboxylic acids is 1. The van der Waals surface area contributed by atoms with Gasteiger partial charge >= 0.3 is 0 Å². The van der Waals surface area contributed by atoms with Crippen LogP contribution in [0.2, 0.25) is 0 Å². The molecule has 0 spiro atoms. The van der Waals surface area contributed by atoms with Crippen molar-refractivity contribution in [3.05, 3.63) is 64.6 Å². The number of carbonyl (C=O) groups is 2. The second-order valence-corrected chi connectivity index (χ2v) is 6.09. The van der Waals surface area contributed by atoms with E-state index >= 15 is 0 Å². The quantitative estimate of drug-likeness (QED) is 0.849. The fourth-order valence-corrected chi connectivity index (χ4v) is 3.01. The first-order valence-electron chi connectivity index (χ1n) is 7.31. The summed E-state index contributed by atoms with van der Waals surface area (Å²) < 4.78 is 5.24. The number of amides is 1. The number of hydrogen-bond acceptors (Lipinski definition) is 6. The molecule has 0 radical (unpaired) electrons. The summed E-state index contributed by atoms with van der Waals surface area (Å²) in [6.07, 6.45) is 1.67. The van der Waals surface area contributed by atoms with Crippen molar-refractivity contribution in [1.29, 1.82) is 0 Å². The molecule has 0 saturated carbocycles. The van der Waals surface area contributed by atoms with Gasteiger partial charge in [0.15, 0.2) is 5.17 Å². The summed E-state index contributed by atoms with van der Waals surface area (Å²) in [5.41, 5.74) is 1.41. The molecular formula is C18H13N2O4S-. The Morgan fingerprint density at radius 3 is 2.60 bits per heavy atom. The summed E-state index contributed by atoms with van der Waals surface area (Å²) in [5, 5.41) is 13.9. The number of aromatic carboxylic acids is 1. The number of aliphatic imine (C=N–C) groups is 1. The molecule has 0 unspecified atom stereocenters. The number of amidine groups is 1. The highest BCUT2D eigenvalue weighted by atomic mass is 32.2. The van der Waals surface area contributed by atoms with Crippen LogP contribution in [0.3, 0.4) is 0 Å². The monoisotopic (exact) mass is 353 g/mol. The third kappa shape index (κ3) is 3.89. The average Bonchev–Trinajstić information content (AvgIpc) is 2.95. The van der Waals surface area contributed by atoms with Crippen molar-refractivity contribution in [1.82, 2.24) is 5.32 Å². The van der Waals surface area contributed by atoms with Gasteiger partial charge in [-0.3, -0.25) is 4.79 Å². The minimum atomic E-state index is -1.24. The van der Waals surface area contributed by atoms with Gasteiger partial charge in [0.05, 0.1) is 18.0 Å². The normalized spacial score (nSPS) is 16.9. The lowest BCUT2D eigenvalue weighted by molar-refractivity contribution is -0.255. The predicted molar refractivity (Wildman–Crippen MR) is 94.6 cm³/mol. The van der Waals surface area contributed by atoms with E-state index in [1.54, 1.807) is 37.5 Å². The van der Waals surface area contributed by atoms with E-state index < -0.39 is 5.97 Å². The number of nitrogens with one attached hydrogen (secondary N) is 1. The van der Waals surface area contributed by atoms with Crippen LogP contribution < -0.4 is 15.2 Å². The van der Waals surface area contributed by atoms with Crippen molar-refractivity contribution in [2.24, 2.45) is 4.99 Å². The predicted octanol–water partition coefficient (Wildman–Crippen LogP) is 1.95. The molecular weight excluding hydrogens is 340 g/mol. The Morgan fingerprint density at radius 2 is 1.92 bits per heavy atom. The molecule has 3 rings (SSSR count). The van der Waals surface area contributed by atoms with Gasteiger partial charge in [-0.15, -0.1) is 0 Å². The molecule has 6 nitrogen and oxygen atoms in total. The largest absolute Gasteiger partial charge is 0.545 e. The third-order valence-electron chi connectivity index (χ3n) is 3.40. The Labute approximate surface area is 148 Å². The fraction of sp³-hybridized carbons (Fsp3) is 0.0556. The van der Waals surface area contributed by atoms with Gasteiger partial charge in [0.2, 0.25) is 0 Å². The second kappa shape index (κ2) is 7.23. The molecule has 2 aromatic rings. The smallest absolute Gasteiger partial charge is 0.264 e. The van der Waals surface area contributed by atoms with E-state index in [0.29, 0.717) is 27.1 Å². The Morgan fingerprint density at radius 1 is 1.20 bits per heavy atom. The Kier molecular flexibility index (Phi) is 4.85. The highest BCUT2D eigenvalue weighted by molar-refractivity contribution is 8.18. The van der Waals surface area contributed by atoms with Crippen LogP contribution in [0.5, 0.6) is 5.75 Å². The van der Waals surface area contributed by atoms with E-state index in [-0.39, 0.29) is 11.5 Å². The number of carboxylic acid groups (broad SMARTS) is 1. The van der Waals surface area contributed by atoms with Gasteiger partial charge < -0.3 is 20.0 Å². The molecule has 1 saturated heterocycles. The van der Waals surface area contributed by atoms with Gasteiger partial charge in [-0.05, 0) is 41.1 Å². The number of benzene rings is 2. The Hall–Kier alpha value is -3.06. The summed E-state index contributed by atoms with van der Waals surface area (Å²) in [6, 6.07) is 13.3. The molecule has 0 bridgehead atoms. The van der Waals surface area contributed by atoms with Gasteiger partial charge in [0.1, 0.15) is 11.4 Å². The summed E-state index contributed by atoms with van der Waals surface area (Å²) in [6.45, 7) is 0. The maximum atomic E-state index is 12.1. The number of rotatable bonds is 4. The van der Waals surface area contributed by atoms with Crippen LogP contribution in [0.25, 0.3) is 6.08 Å². The molecule has 0 aromatic heterocycles. The van der Waals surface area contributed by atoms with Crippen LogP contribution in [0.1, 0.15) is 15.9 Å². The molecule has 1 fully saturated rings. The van der Waals surface area contributed by atoms with Crippen molar-refractivity contribution in [3.8, 4) is 5.75 Å². The first-order valence-corrected chi connectivity index (χ1v) is 8.12. The SMILES string of the molecule is COc1ccccc1N=C1NC(=O)/C(=C/c2ccc(C(=O)[O-])cc2)S1. The number of carbonyl (C=O) groups excluding carboxylic acids is 2. The van der Waals surface area contributed by atoms with Crippen molar-refractivity contribution < 1.29 is 19.4 Å². The summed E-state index contributed by atoms with van der Waals surface area (Å²) >= 11 is 1.20. The van der Waals surface area contributed by atoms with Gasteiger partial charge in [0.25, 0.3) is 5.91 Å². The molecule has 1 N–H and O–H groups in total.